The van der Waals surface area contributed by atoms with Crippen LogP contribution in [-0.4, -0.2) is 61.6 Å². The van der Waals surface area contributed by atoms with Crippen molar-refractivity contribution in [3.63, 3.8) is 0 Å². The minimum atomic E-state index is -4.65. The van der Waals surface area contributed by atoms with Crippen molar-refractivity contribution in [3.8, 4) is 6.07 Å². The molecule has 29 heteroatoms. The highest BCUT2D eigenvalue weighted by atomic mass is 79.9. The predicted octanol–water partition coefficient (Wildman–Crippen LogP) is 8.52. The number of nitrogen functional groups attached to an aromatic ring is 1. The highest BCUT2D eigenvalue weighted by molar-refractivity contribution is 9.10. The van der Waals surface area contributed by atoms with Crippen LogP contribution in [0.3, 0.4) is 0 Å². The number of nitrogens with one attached hydrogen (secondary N) is 1. The standard InChI is InChI=1S/C13H7BrClFN4O4S.C13H9BrClFN4O2S.C5H3Cl2N3O2/c1-6-18-11(12(20(21)22)13(15)19-6)10(5-17)25(23,24)9-3-2-7(14)4-8(9)16;1-5-18-9-10(12(15)19-5)20-13(17)11(9)23(21,22)8-3-2-6(14)4-7(8)16;1-2-8-4(6)3(10(11)12)5(7)9-2/h2-4,10H,1H3;2-4,20H,17H2,1H3;1H3. The Morgan fingerprint density at radius 2 is 1.18 bits per heavy atom. The number of nitrogens with two attached hydrogens (primary N) is 1. The number of benzene rings is 2. The van der Waals surface area contributed by atoms with Crippen LogP contribution in [0.25, 0.3) is 11.0 Å². The van der Waals surface area contributed by atoms with Crippen molar-refractivity contribution in [3.05, 3.63) is 121 Å². The van der Waals surface area contributed by atoms with Crippen LogP contribution in [0.1, 0.15) is 28.4 Å². The average Bonchev–Trinajstić information content (AvgIpc) is 3.44. The first-order chi connectivity index (χ1) is 27.8. The lowest BCUT2D eigenvalue weighted by molar-refractivity contribution is -0.386. The van der Waals surface area contributed by atoms with Gasteiger partial charge in [-0.15, -0.1) is 0 Å². The van der Waals surface area contributed by atoms with Crippen LogP contribution in [-0.2, 0) is 19.7 Å². The Labute approximate surface area is 372 Å². The maximum absolute atomic E-state index is 14.1. The van der Waals surface area contributed by atoms with Gasteiger partial charge in [-0.25, -0.2) is 55.5 Å². The zero-order valence-corrected chi connectivity index (χ0v) is 37.6. The molecule has 314 valence electrons. The van der Waals surface area contributed by atoms with Crippen LogP contribution in [0.2, 0.25) is 20.6 Å². The number of anilines is 1. The van der Waals surface area contributed by atoms with Crippen molar-refractivity contribution < 1.29 is 35.5 Å². The van der Waals surface area contributed by atoms with Gasteiger partial charge >= 0.3 is 11.4 Å². The number of nitriles is 1. The largest absolute Gasteiger partial charge is 0.384 e. The van der Waals surface area contributed by atoms with Gasteiger partial charge in [-0.1, -0.05) is 78.3 Å². The Bertz CT molecular complexity index is 3000. The summed E-state index contributed by atoms with van der Waals surface area (Å²) in [6.45, 7) is 4.42. The second kappa shape index (κ2) is 18.8. The van der Waals surface area contributed by atoms with E-state index < -0.39 is 78.4 Å². The second-order valence-electron chi connectivity index (χ2n) is 11.4. The maximum atomic E-state index is 14.1. The second-order valence-corrected chi connectivity index (χ2v) is 18.5. The summed E-state index contributed by atoms with van der Waals surface area (Å²) in [7, 11) is -8.89. The number of H-pyrrole nitrogens is 1. The van der Waals surface area contributed by atoms with Crippen LogP contribution in [0.4, 0.5) is 26.0 Å². The third-order valence-electron chi connectivity index (χ3n) is 7.28. The van der Waals surface area contributed by atoms with E-state index in [2.05, 4.69) is 66.7 Å². The number of aromatic nitrogens is 7. The maximum Gasteiger partial charge on any atom is 0.343 e. The molecule has 0 radical (unpaired) electrons. The van der Waals surface area contributed by atoms with Gasteiger partial charge in [0, 0.05) is 8.95 Å². The van der Waals surface area contributed by atoms with Crippen molar-refractivity contribution in [1.82, 2.24) is 34.9 Å². The lowest BCUT2D eigenvalue weighted by Crippen LogP contribution is -2.18. The summed E-state index contributed by atoms with van der Waals surface area (Å²) in [6.07, 6.45) is 0. The van der Waals surface area contributed by atoms with E-state index >= 15 is 0 Å². The predicted molar refractivity (Wildman–Crippen MR) is 219 cm³/mol. The van der Waals surface area contributed by atoms with E-state index in [-0.39, 0.29) is 53.3 Å². The Morgan fingerprint density at radius 1 is 0.750 bits per heavy atom. The summed E-state index contributed by atoms with van der Waals surface area (Å²) in [4.78, 5) is 43.3. The molecular formula is C31H19Br2Cl4F2N11O8S2. The summed E-state index contributed by atoms with van der Waals surface area (Å²) < 4.78 is 79.9. The first-order valence-corrected chi connectivity index (χ1v) is 21.6. The molecule has 4 heterocycles. The summed E-state index contributed by atoms with van der Waals surface area (Å²) in [6, 6.07) is 8.17. The topological polar surface area (TPSA) is 297 Å². The van der Waals surface area contributed by atoms with Crippen LogP contribution in [0.5, 0.6) is 0 Å². The van der Waals surface area contributed by atoms with Gasteiger partial charge in [-0.05, 0) is 57.2 Å². The Morgan fingerprint density at radius 3 is 1.65 bits per heavy atom. The van der Waals surface area contributed by atoms with Crippen molar-refractivity contribution >= 4 is 126 Å². The third-order valence-corrected chi connectivity index (χ3v) is 13.1. The fourth-order valence-electron chi connectivity index (χ4n) is 4.87. The zero-order valence-electron chi connectivity index (χ0n) is 29.7. The Hall–Kier alpha value is -4.81. The molecule has 0 aliphatic heterocycles. The molecule has 0 fully saturated rings. The summed E-state index contributed by atoms with van der Waals surface area (Å²) in [5.41, 5.74) is 3.91. The lowest BCUT2D eigenvalue weighted by Gasteiger charge is -2.12. The van der Waals surface area contributed by atoms with E-state index in [0.717, 1.165) is 24.3 Å². The van der Waals surface area contributed by atoms with Crippen LogP contribution in [0, 0.1) is 64.0 Å². The quantitative estimate of drug-likeness (QED) is 0.0859. The number of sulfone groups is 2. The van der Waals surface area contributed by atoms with Gasteiger partial charge in [-0.3, -0.25) is 20.2 Å². The Kier molecular flexibility index (Phi) is 15.0. The number of nitrogens with zero attached hydrogens (tertiary/aromatic N) is 9. The van der Waals surface area contributed by atoms with E-state index in [1.54, 1.807) is 13.8 Å². The lowest BCUT2D eigenvalue weighted by atomic mass is 10.2. The number of aromatic amines is 1. The molecule has 19 nitrogen and oxygen atoms in total. The molecule has 4 aromatic heterocycles. The Balaban J connectivity index is 0.000000210. The van der Waals surface area contributed by atoms with E-state index in [1.165, 1.54) is 25.1 Å². The highest BCUT2D eigenvalue weighted by Crippen LogP contribution is 2.38. The summed E-state index contributed by atoms with van der Waals surface area (Å²) in [5.74, 6) is -1.69. The molecule has 0 aliphatic carbocycles. The minimum absolute atomic E-state index is 0.0299. The molecule has 1 atom stereocenters. The SMILES string of the molecule is Cc1nc(Cl)c([N+](=O)[O-])c(C(C#N)S(=O)(=O)c2ccc(Br)cc2F)n1.Cc1nc(Cl)c([N+](=O)[O-])c(Cl)n1.Cc1nc(Cl)c2[nH]c(N)c(S(=O)(=O)c3ccc(Br)cc3F)c2n1. The van der Waals surface area contributed by atoms with E-state index in [9.17, 15) is 51.1 Å². The number of hydrogen-bond acceptors (Lipinski definition) is 16. The number of rotatable bonds is 7. The van der Waals surface area contributed by atoms with Gasteiger partial charge < -0.3 is 10.7 Å². The van der Waals surface area contributed by atoms with Crippen molar-refractivity contribution in [1.29, 1.82) is 5.26 Å². The molecule has 6 aromatic rings. The number of nitro groups is 2. The van der Waals surface area contributed by atoms with Gasteiger partial charge in [0.2, 0.25) is 40.4 Å². The number of halogens is 8. The van der Waals surface area contributed by atoms with Crippen LogP contribution >= 0.6 is 78.3 Å². The molecular weight excluding hydrogens is 1060 g/mol. The first kappa shape index (κ1) is 47.9. The molecule has 6 rings (SSSR count). The highest BCUT2D eigenvalue weighted by Gasteiger charge is 2.39. The smallest absolute Gasteiger partial charge is 0.343 e. The molecule has 3 N–H and O–H groups in total. The summed E-state index contributed by atoms with van der Waals surface area (Å²) in [5, 5.41) is 27.7. The van der Waals surface area contributed by atoms with Gasteiger partial charge in [0.1, 0.15) is 60.6 Å². The van der Waals surface area contributed by atoms with Crippen molar-refractivity contribution in [2.75, 3.05) is 5.73 Å². The molecule has 2 aromatic carbocycles. The normalized spacial score (nSPS) is 11.8. The van der Waals surface area contributed by atoms with Crippen LogP contribution in [0.15, 0.2) is 60.0 Å². The number of fused-ring (bicyclic) bond motifs is 1. The number of aryl methyl sites for hydroxylation is 3. The molecule has 0 bridgehead atoms. The third kappa shape index (κ3) is 10.2. The van der Waals surface area contributed by atoms with E-state index in [0.29, 0.717) is 10.3 Å². The van der Waals surface area contributed by atoms with E-state index in [4.69, 9.17) is 52.1 Å². The van der Waals surface area contributed by atoms with Gasteiger partial charge in [0.15, 0.2) is 10.8 Å². The molecule has 0 aliphatic rings. The molecule has 1 unspecified atom stereocenters. The van der Waals surface area contributed by atoms with Crippen molar-refractivity contribution in [2.24, 2.45) is 0 Å². The molecule has 0 saturated carbocycles. The molecule has 60 heavy (non-hydrogen) atoms. The fourth-order valence-corrected chi connectivity index (χ4v) is 9.66. The monoisotopic (exact) mass is 1070 g/mol. The van der Waals surface area contributed by atoms with Gasteiger partial charge in [0.05, 0.1) is 15.9 Å². The van der Waals surface area contributed by atoms with Gasteiger partial charge in [-0.2, -0.15) is 5.26 Å². The molecule has 0 amide bonds. The van der Waals surface area contributed by atoms with E-state index in [1.807, 2.05) is 0 Å². The first-order valence-electron chi connectivity index (χ1n) is 15.5. The minimum Gasteiger partial charge on any atom is -0.384 e. The number of hydrogen-bond donors (Lipinski definition) is 2. The molecule has 0 spiro atoms. The van der Waals surface area contributed by atoms with Crippen LogP contribution < -0.4 is 5.73 Å². The summed E-state index contributed by atoms with van der Waals surface area (Å²) >= 11 is 28.7. The average molecular weight is 1080 g/mol. The molecule has 0 saturated heterocycles. The zero-order chi connectivity index (χ0) is 45.2. The van der Waals surface area contributed by atoms with Gasteiger partial charge in [0.25, 0.3) is 0 Å². The fraction of sp³-hybridized carbons (Fsp3) is 0.129. The van der Waals surface area contributed by atoms with Crippen molar-refractivity contribution in [2.45, 2.75) is 40.7 Å².